The second-order valence-electron chi connectivity index (χ2n) is 8.34. The molecule has 0 unspecified atom stereocenters. The molecule has 0 saturated carbocycles. The van der Waals surface area contributed by atoms with Crippen LogP contribution in [0.5, 0.6) is 5.75 Å². The first-order chi connectivity index (χ1) is 15.8. The Balaban J connectivity index is 1.60. The van der Waals surface area contributed by atoms with Crippen LogP contribution >= 0.6 is 0 Å². The molecular formula is C23H28N4O6. The molecule has 1 aliphatic heterocycles. The van der Waals surface area contributed by atoms with Crippen LogP contribution in [-0.2, 0) is 22.7 Å². The minimum absolute atomic E-state index is 0.250. The number of benzene rings is 1. The Morgan fingerprint density at radius 3 is 2.48 bits per heavy atom. The van der Waals surface area contributed by atoms with E-state index in [9.17, 15) is 19.8 Å². The van der Waals surface area contributed by atoms with Gasteiger partial charge in [-0.2, -0.15) is 0 Å². The molecule has 0 spiro atoms. The fourth-order valence-electron chi connectivity index (χ4n) is 4.54. The summed E-state index contributed by atoms with van der Waals surface area (Å²) >= 11 is 0. The summed E-state index contributed by atoms with van der Waals surface area (Å²) in [6.07, 6.45) is 1.65. The molecule has 3 aromatic rings. The lowest BCUT2D eigenvalue weighted by Gasteiger charge is -2.37. The molecule has 3 heterocycles. The summed E-state index contributed by atoms with van der Waals surface area (Å²) in [5.74, 6) is -0.566. The number of hydrogen-bond donors (Lipinski definition) is 2. The number of piperazine rings is 1. The van der Waals surface area contributed by atoms with Gasteiger partial charge < -0.3 is 24.0 Å². The van der Waals surface area contributed by atoms with Crippen molar-refractivity contribution in [2.24, 2.45) is 0 Å². The fourth-order valence-corrected chi connectivity index (χ4v) is 4.54. The molecule has 0 aliphatic carbocycles. The quantitative estimate of drug-likeness (QED) is 0.526. The number of rotatable bonds is 8. The Hall–Kier alpha value is -3.37. The third kappa shape index (κ3) is 4.57. The van der Waals surface area contributed by atoms with Gasteiger partial charge in [-0.15, -0.1) is 0 Å². The van der Waals surface area contributed by atoms with Crippen LogP contribution in [0.4, 0.5) is 0 Å². The molecule has 2 N–H and O–H groups in total. The van der Waals surface area contributed by atoms with Gasteiger partial charge in [0.15, 0.2) is 0 Å². The molecule has 1 aliphatic rings. The SMILES string of the molecule is COc1ccc2c(c1)c([C@@H](C(=O)O)N1CCN(Cc3c(C)noc3C)CC1)cn2CC(=O)O. The maximum atomic E-state index is 12.4. The van der Waals surface area contributed by atoms with Gasteiger partial charge in [0.25, 0.3) is 0 Å². The molecule has 2 aromatic heterocycles. The van der Waals surface area contributed by atoms with E-state index >= 15 is 0 Å². The van der Waals surface area contributed by atoms with Crippen molar-refractivity contribution in [2.45, 2.75) is 33.0 Å². The van der Waals surface area contributed by atoms with Gasteiger partial charge in [-0.05, 0) is 32.0 Å². The summed E-state index contributed by atoms with van der Waals surface area (Å²) in [7, 11) is 1.54. The third-order valence-corrected chi connectivity index (χ3v) is 6.29. The van der Waals surface area contributed by atoms with Crippen molar-refractivity contribution in [1.29, 1.82) is 0 Å². The molecule has 176 valence electrons. The number of nitrogens with zero attached hydrogens (tertiary/aromatic N) is 4. The predicted molar refractivity (Wildman–Crippen MR) is 119 cm³/mol. The van der Waals surface area contributed by atoms with Crippen LogP contribution in [0, 0.1) is 13.8 Å². The summed E-state index contributed by atoms with van der Waals surface area (Å²) in [4.78, 5) is 28.0. The summed E-state index contributed by atoms with van der Waals surface area (Å²) < 4.78 is 12.2. The second-order valence-corrected chi connectivity index (χ2v) is 8.34. The molecule has 1 fully saturated rings. The zero-order chi connectivity index (χ0) is 23.7. The Morgan fingerprint density at radius 1 is 1.18 bits per heavy atom. The number of aryl methyl sites for hydroxylation is 2. The largest absolute Gasteiger partial charge is 0.497 e. The number of carboxylic acids is 2. The normalized spacial score (nSPS) is 16.2. The minimum atomic E-state index is -0.992. The van der Waals surface area contributed by atoms with E-state index in [4.69, 9.17) is 9.26 Å². The average Bonchev–Trinajstić information content (AvgIpc) is 3.28. The van der Waals surface area contributed by atoms with E-state index in [0.29, 0.717) is 54.9 Å². The van der Waals surface area contributed by atoms with E-state index in [-0.39, 0.29) is 6.54 Å². The maximum Gasteiger partial charge on any atom is 0.325 e. The van der Waals surface area contributed by atoms with Crippen LogP contribution in [0.1, 0.15) is 28.6 Å². The first kappa shape index (κ1) is 22.8. The van der Waals surface area contributed by atoms with Gasteiger partial charge in [-0.3, -0.25) is 19.4 Å². The highest BCUT2D eigenvalue weighted by atomic mass is 16.5. The van der Waals surface area contributed by atoms with Crippen LogP contribution in [0.3, 0.4) is 0 Å². The molecule has 0 radical (unpaired) electrons. The van der Waals surface area contributed by atoms with E-state index in [0.717, 1.165) is 17.0 Å². The highest BCUT2D eigenvalue weighted by Crippen LogP contribution is 2.34. The van der Waals surface area contributed by atoms with Crippen molar-refractivity contribution in [1.82, 2.24) is 19.5 Å². The molecule has 4 rings (SSSR count). The van der Waals surface area contributed by atoms with Crippen LogP contribution in [0.25, 0.3) is 10.9 Å². The fraction of sp³-hybridized carbons (Fsp3) is 0.435. The number of aromatic nitrogens is 2. The van der Waals surface area contributed by atoms with Crippen molar-refractivity contribution < 1.29 is 29.1 Å². The predicted octanol–water partition coefficient (Wildman–Crippen LogP) is 2.28. The van der Waals surface area contributed by atoms with Gasteiger partial charge in [0.1, 0.15) is 24.1 Å². The monoisotopic (exact) mass is 456 g/mol. The average molecular weight is 456 g/mol. The third-order valence-electron chi connectivity index (χ3n) is 6.29. The van der Waals surface area contributed by atoms with Crippen LogP contribution in [0.15, 0.2) is 28.9 Å². The number of carboxylic acid groups (broad SMARTS) is 2. The Morgan fingerprint density at radius 2 is 1.91 bits per heavy atom. The van der Waals surface area contributed by atoms with E-state index in [1.54, 1.807) is 36.1 Å². The Kier molecular flexibility index (Phi) is 6.39. The van der Waals surface area contributed by atoms with Gasteiger partial charge in [-0.1, -0.05) is 5.16 Å². The Bertz CT molecular complexity index is 1160. The zero-order valence-electron chi connectivity index (χ0n) is 18.9. The summed E-state index contributed by atoms with van der Waals surface area (Å²) in [6.45, 7) is 6.81. The van der Waals surface area contributed by atoms with Crippen molar-refractivity contribution in [3.05, 3.63) is 47.0 Å². The van der Waals surface area contributed by atoms with E-state index in [2.05, 4.69) is 10.1 Å². The summed E-state index contributed by atoms with van der Waals surface area (Å²) in [5.41, 5.74) is 3.17. The summed E-state index contributed by atoms with van der Waals surface area (Å²) in [6, 6.07) is 4.39. The second kappa shape index (κ2) is 9.24. The number of hydrogen-bond acceptors (Lipinski definition) is 7. The molecule has 0 bridgehead atoms. The highest BCUT2D eigenvalue weighted by molar-refractivity contribution is 5.91. The van der Waals surface area contributed by atoms with Crippen molar-refractivity contribution in [3.63, 3.8) is 0 Å². The minimum Gasteiger partial charge on any atom is -0.497 e. The number of ether oxygens (including phenoxy) is 1. The van der Waals surface area contributed by atoms with Gasteiger partial charge in [0, 0.05) is 61.0 Å². The lowest BCUT2D eigenvalue weighted by molar-refractivity contribution is -0.144. The van der Waals surface area contributed by atoms with Gasteiger partial charge >= 0.3 is 11.9 Å². The summed E-state index contributed by atoms with van der Waals surface area (Å²) in [5, 5.41) is 24.2. The number of methoxy groups -OCH3 is 1. The molecule has 1 aromatic carbocycles. The zero-order valence-corrected chi connectivity index (χ0v) is 18.9. The van der Waals surface area contributed by atoms with Crippen molar-refractivity contribution in [3.8, 4) is 5.75 Å². The topological polar surface area (TPSA) is 121 Å². The van der Waals surface area contributed by atoms with E-state index in [1.165, 1.54) is 0 Å². The van der Waals surface area contributed by atoms with E-state index in [1.807, 2.05) is 18.7 Å². The van der Waals surface area contributed by atoms with Crippen LogP contribution in [-0.4, -0.2) is 75.0 Å². The number of carbonyl (C=O) groups is 2. The highest BCUT2D eigenvalue weighted by Gasteiger charge is 2.33. The van der Waals surface area contributed by atoms with Crippen LogP contribution in [0.2, 0.25) is 0 Å². The molecule has 1 atom stereocenters. The lowest BCUT2D eigenvalue weighted by atomic mass is 10.0. The van der Waals surface area contributed by atoms with Crippen molar-refractivity contribution >= 4 is 22.8 Å². The molecule has 33 heavy (non-hydrogen) atoms. The molecule has 0 amide bonds. The van der Waals surface area contributed by atoms with E-state index < -0.39 is 18.0 Å². The Labute approximate surface area is 190 Å². The molecule has 1 saturated heterocycles. The van der Waals surface area contributed by atoms with Crippen molar-refractivity contribution in [2.75, 3.05) is 33.3 Å². The van der Waals surface area contributed by atoms with Gasteiger partial charge in [0.05, 0.1) is 12.8 Å². The number of fused-ring (bicyclic) bond motifs is 1. The lowest BCUT2D eigenvalue weighted by Crippen LogP contribution is -2.48. The number of aliphatic carboxylic acids is 2. The van der Waals surface area contributed by atoms with Gasteiger partial charge in [0.2, 0.25) is 0 Å². The smallest absolute Gasteiger partial charge is 0.325 e. The molecule has 10 heteroatoms. The molecular weight excluding hydrogens is 428 g/mol. The first-order valence-electron chi connectivity index (χ1n) is 10.8. The van der Waals surface area contributed by atoms with Gasteiger partial charge in [-0.25, -0.2) is 0 Å². The maximum absolute atomic E-state index is 12.4. The molecule has 10 nitrogen and oxygen atoms in total. The standard InChI is InChI=1S/C23H28N4O6/c1-14-18(15(2)33-24-14)11-25-6-8-26(9-7-25)22(23(30)31)19-12-27(13-21(28)29)20-5-4-16(32-3)10-17(19)20/h4-5,10,12,22H,6-9,11,13H2,1-3H3,(H,28,29)(H,30,31)/t22-/m0/s1. The van der Waals surface area contributed by atoms with Crippen LogP contribution < -0.4 is 4.74 Å². The first-order valence-corrected chi connectivity index (χ1v) is 10.8.